The van der Waals surface area contributed by atoms with Gasteiger partial charge in [-0.05, 0) is 80.0 Å². The molecule has 0 atom stereocenters. The molecule has 1 aliphatic heterocycles. The number of piperidine rings is 1. The minimum absolute atomic E-state index is 0.0599. The quantitative estimate of drug-likeness (QED) is 0.512. The molecular weight excluding hydrogens is 436 g/mol. The summed E-state index contributed by atoms with van der Waals surface area (Å²) < 4.78 is 27.3. The Bertz CT molecular complexity index is 1220. The highest BCUT2D eigenvalue weighted by atomic mass is 32.2. The van der Waals surface area contributed by atoms with E-state index < -0.39 is 21.4 Å². The molecule has 1 aromatic carbocycles. The van der Waals surface area contributed by atoms with Crippen LogP contribution in [-0.4, -0.2) is 42.4 Å². The van der Waals surface area contributed by atoms with Crippen LogP contribution in [0.4, 0.5) is 0 Å². The second-order valence-electron chi connectivity index (χ2n) is 9.21. The van der Waals surface area contributed by atoms with Crippen LogP contribution in [0.2, 0.25) is 0 Å². The van der Waals surface area contributed by atoms with Crippen molar-refractivity contribution in [1.29, 1.82) is 0 Å². The number of carbonyl (C=O) groups excluding carboxylic acids is 2. The van der Waals surface area contributed by atoms with Gasteiger partial charge >= 0.3 is 0 Å². The maximum atomic E-state index is 13.3. The third-order valence-electron chi connectivity index (χ3n) is 6.95. The molecule has 1 aromatic heterocycles. The number of sulfonamides is 1. The standard InChI is InChI=1S/C26H28N2O4S/c1-4-6-20-13-18(2)24(19(3)14-20)25-22(29)15-26(16-23(25)30)8-11-28(12-9-26)33(31,32)21-7-5-10-27-17-21/h5,7,10,13-14,17,25H,8-9,11-12,15-16H2,1-3H3. The van der Waals surface area contributed by atoms with Crippen LogP contribution in [0.25, 0.3) is 0 Å². The molecule has 7 heteroatoms. The third kappa shape index (κ3) is 4.38. The van der Waals surface area contributed by atoms with E-state index >= 15 is 0 Å². The maximum Gasteiger partial charge on any atom is 0.244 e. The molecule has 0 bridgehead atoms. The highest BCUT2D eigenvalue weighted by Gasteiger charge is 2.48. The molecule has 0 N–H and O–H groups in total. The van der Waals surface area contributed by atoms with E-state index in [1.807, 2.05) is 26.0 Å². The number of hydrogen-bond acceptors (Lipinski definition) is 5. The van der Waals surface area contributed by atoms with Crippen LogP contribution in [-0.2, 0) is 19.6 Å². The number of nitrogens with zero attached hydrogens (tertiary/aromatic N) is 2. The molecule has 1 saturated carbocycles. The monoisotopic (exact) mass is 464 g/mol. The first kappa shape index (κ1) is 23.3. The van der Waals surface area contributed by atoms with Crippen LogP contribution in [0.5, 0.6) is 0 Å². The summed E-state index contributed by atoms with van der Waals surface area (Å²) in [5.74, 6) is 5.06. The lowest BCUT2D eigenvalue weighted by atomic mass is 9.63. The molecule has 33 heavy (non-hydrogen) atoms. The summed E-state index contributed by atoms with van der Waals surface area (Å²) in [4.78, 5) is 30.7. The smallest absolute Gasteiger partial charge is 0.244 e. The molecule has 1 saturated heterocycles. The zero-order chi connectivity index (χ0) is 23.8. The van der Waals surface area contributed by atoms with Crippen LogP contribution in [0.1, 0.15) is 60.8 Å². The fourth-order valence-electron chi connectivity index (χ4n) is 5.36. The number of hydrogen-bond donors (Lipinski definition) is 0. The topological polar surface area (TPSA) is 84.4 Å². The van der Waals surface area contributed by atoms with E-state index in [1.54, 1.807) is 13.0 Å². The van der Waals surface area contributed by atoms with Gasteiger partial charge in [0.1, 0.15) is 22.4 Å². The van der Waals surface area contributed by atoms with Gasteiger partial charge in [-0.1, -0.05) is 5.92 Å². The van der Waals surface area contributed by atoms with Gasteiger partial charge in [0.15, 0.2) is 0 Å². The second-order valence-corrected chi connectivity index (χ2v) is 11.1. The van der Waals surface area contributed by atoms with Crippen LogP contribution >= 0.6 is 0 Å². The summed E-state index contributed by atoms with van der Waals surface area (Å²) in [6.07, 6.45) is 4.49. The molecule has 1 aliphatic carbocycles. The fraction of sp³-hybridized carbons (Fsp3) is 0.423. The van der Waals surface area contributed by atoms with Crippen LogP contribution in [0.3, 0.4) is 0 Å². The number of rotatable bonds is 3. The Balaban J connectivity index is 1.52. The molecule has 172 valence electrons. The highest BCUT2D eigenvalue weighted by molar-refractivity contribution is 7.89. The zero-order valence-electron chi connectivity index (χ0n) is 19.2. The molecule has 4 rings (SSSR count). The van der Waals surface area contributed by atoms with Crippen molar-refractivity contribution in [3.05, 3.63) is 58.9 Å². The Morgan fingerprint density at radius 1 is 1.06 bits per heavy atom. The molecule has 0 radical (unpaired) electrons. The number of carbonyl (C=O) groups is 2. The Morgan fingerprint density at radius 3 is 2.18 bits per heavy atom. The number of benzene rings is 1. The van der Waals surface area contributed by atoms with Gasteiger partial charge in [0.25, 0.3) is 0 Å². The molecule has 2 aliphatic rings. The third-order valence-corrected chi connectivity index (χ3v) is 8.83. The van der Waals surface area contributed by atoms with E-state index in [1.165, 1.54) is 22.8 Å². The Labute approximate surface area is 195 Å². The predicted octanol–water partition coefficient (Wildman–Crippen LogP) is 3.56. The van der Waals surface area contributed by atoms with Crippen molar-refractivity contribution in [3.63, 3.8) is 0 Å². The molecule has 1 spiro atoms. The van der Waals surface area contributed by atoms with Crippen LogP contribution in [0.15, 0.2) is 41.6 Å². The van der Waals surface area contributed by atoms with Gasteiger partial charge in [-0.3, -0.25) is 14.6 Å². The summed E-state index contributed by atoms with van der Waals surface area (Å²) in [5.41, 5.74) is 3.05. The summed E-state index contributed by atoms with van der Waals surface area (Å²) in [6, 6.07) is 7.01. The van der Waals surface area contributed by atoms with Gasteiger partial charge in [0, 0.05) is 43.9 Å². The lowest BCUT2D eigenvalue weighted by molar-refractivity contribution is -0.138. The van der Waals surface area contributed by atoms with Crippen molar-refractivity contribution >= 4 is 21.6 Å². The van der Waals surface area contributed by atoms with Crippen molar-refractivity contribution in [2.24, 2.45) is 5.41 Å². The van der Waals surface area contributed by atoms with Crippen molar-refractivity contribution in [1.82, 2.24) is 9.29 Å². The summed E-state index contributed by atoms with van der Waals surface area (Å²) in [6.45, 7) is 6.22. The largest absolute Gasteiger partial charge is 0.299 e. The maximum absolute atomic E-state index is 13.3. The average Bonchev–Trinajstić information content (AvgIpc) is 2.76. The van der Waals surface area contributed by atoms with E-state index in [0.717, 1.165) is 22.3 Å². The average molecular weight is 465 g/mol. The predicted molar refractivity (Wildman–Crippen MR) is 125 cm³/mol. The number of ketones is 2. The van der Waals surface area contributed by atoms with E-state index in [9.17, 15) is 18.0 Å². The Hall–Kier alpha value is -2.82. The molecule has 2 fully saturated rings. The first-order chi connectivity index (χ1) is 15.7. The van der Waals surface area contributed by atoms with E-state index in [2.05, 4.69) is 16.8 Å². The van der Waals surface area contributed by atoms with E-state index in [-0.39, 0.29) is 16.5 Å². The number of aromatic nitrogens is 1. The molecule has 0 unspecified atom stereocenters. The van der Waals surface area contributed by atoms with Gasteiger partial charge in [-0.25, -0.2) is 8.42 Å². The van der Waals surface area contributed by atoms with Crippen molar-refractivity contribution in [2.45, 2.75) is 57.3 Å². The molecule has 6 nitrogen and oxygen atoms in total. The second kappa shape index (κ2) is 8.85. The minimum Gasteiger partial charge on any atom is -0.299 e. The van der Waals surface area contributed by atoms with E-state index in [0.29, 0.717) is 38.8 Å². The van der Waals surface area contributed by atoms with Gasteiger partial charge in [0.05, 0.1) is 0 Å². The van der Waals surface area contributed by atoms with Crippen molar-refractivity contribution < 1.29 is 18.0 Å². The van der Waals surface area contributed by atoms with Crippen LogP contribution < -0.4 is 0 Å². The summed E-state index contributed by atoms with van der Waals surface area (Å²) in [5, 5.41) is 0. The Morgan fingerprint density at radius 2 is 1.67 bits per heavy atom. The summed E-state index contributed by atoms with van der Waals surface area (Å²) >= 11 is 0. The molecule has 2 heterocycles. The number of pyridine rings is 1. The van der Waals surface area contributed by atoms with Crippen molar-refractivity contribution in [3.8, 4) is 11.8 Å². The number of aryl methyl sites for hydroxylation is 2. The summed E-state index contributed by atoms with van der Waals surface area (Å²) in [7, 11) is -3.63. The van der Waals surface area contributed by atoms with E-state index in [4.69, 9.17) is 0 Å². The highest BCUT2D eigenvalue weighted by Crippen LogP contribution is 2.47. The molecule has 0 amide bonds. The lowest BCUT2D eigenvalue weighted by Crippen LogP contribution is -2.48. The molecule has 2 aromatic rings. The first-order valence-electron chi connectivity index (χ1n) is 11.2. The first-order valence-corrected chi connectivity index (χ1v) is 12.6. The SMILES string of the molecule is CC#Cc1cc(C)c(C2C(=O)CC3(CCN(S(=O)(=O)c4cccnc4)CC3)CC2=O)c(C)c1. The van der Waals surface area contributed by atoms with Gasteiger partial charge in [-0.15, -0.1) is 5.92 Å². The van der Waals surface area contributed by atoms with Crippen molar-refractivity contribution in [2.75, 3.05) is 13.1 Å². The zero-order valence-corrected chi connectivity index (χ0v) is 20.0. The Kier molecular flexibility index (Phi) is 6.26. The van der Waals surface area contributed by atoms with Gasteiger partial charge in [-0.2, -0.15) is 4.31 Å². The minimum atomic E-state index is -3.63. The normalized spacial score (nSPS) is 19.4. The molecular formula is C26H28N2O4S. The van der Waals surface area contributed by atoms with Gasteiger partial charge in [0.2, 0.25) is 10.0 Å². The fourth-order valence-corrected chi connectivity index (χ4v) is 6.76. The van der Waals surface area contributed by atoms with Gasteiger partial charge < -0.3 is 0 Å². The lowest BCUT2D eigenvalue weighted by Gasteiger charge is -2.44. The number of Topliss-reactive ketones (excluding diaryl/α,β-unsaturated/α-hetero) is 2. The van der Waals surface area contributed by atoms with Crippen LogP contribution in [0, 0.1) is 31.1 Å².